The van der Waals surface area contributed by atoms with Crippen molar-refractivity contribution in [3.05, 3.63) is 11.9 Å². The molecule has 8 heteroatoms. The van der Waals surface area contributed by atoms with E-state index in [0.29, 0.717) is 18.8 Å². The third-order valence-corrected chi connectivity index (χ3v) is 6.44. The number of likely N-dealkylation sites (tertiary alicyclic amines) is 2. The topological polar surface area (TPSA) is 97.3 Å². The maximum Gasteiger partial charge on any atom is 0.276 e. The van der Waals surface area contributed by atoms with Gasteiger partial charge in [-0.15, -0.1) is 5.10 Å². The predicted octanol–water partition coefficient (Wildman–Crippen LogP) is 0.805. The lowest BCUT2D eigenvalue weighted by molar-refractivity contribution is -0.143. The van der Waals surface area contributed by atoms with Crippen LogP contribution in [0.15, 0.2) is 6.20 Å². The quantitative estimate of drug-likeness (QED) is 0.841. The second-order valence-corrected chi connectivity index (χ2v) is 8.24. The van der Waals surface area contributed by atoms with E-state index in [-0.39, 0.29) is 23.9 Å². The summed E-state index contributed by atoms with van der Waals surface area (Å²) in [5.74, 6) is 0.0721. The smallest absolute Gasteiger partial charge is 0.276 e. The lowest BCUT2D eigenvalue weighted by Crippen LogP contribution is -2.48. The Morgan fingerprint density at radius 2 is 2.00 bits per heavy atom. The van der Waals surface area contributed by atoms with Crippen molar-refractivity contribution in [2.75, 3.05) is 26.7 Å². The van der Waals surface area contributed by atoms with Gasteiger partial charge in [-0.25, -0.2) is 4.68 Å². The van der Waals surface area contributed by atoms with Crippen molar-refractivity contribution in [3.8, 4) is 0 Å². The van der Waals surface area contributed by atoms with E-state index in [1.807, 2.05) is 16.6 Å². The van der Waals surface area contributed by atoms with Crippen molar-refractivity contribution in [3.63, 3.8) is 0 Å². The molecule has 2 aliphatic heterocycles. The molecule has 0 aromatic carbocycles. The Balaban J connectivity index is 1.43. The maximum atomic E-state index is 12.9. The molecule has 26 heavy (non-hydrogen) atoms. The van der Waals surface area contributed by atoms with Crippen LogP contribution in [0.2, 0.25) is 0 Å². The van der Waals surface area contributed by atoms with Crippen molar-refractivity contribution in [1.82, 2.24) is 24.8 Å². The summed E-state index contributed by atoms with van der Waals surface area (Å²) in [5.41, 5.74) is 5.96. The first-order valence-corrected chi connectivity index (χ1v) is 9.71. The van der Waals surface area contributed by atoms with Crippen molar-refractivity contribution in [2.24, 2.45) is 11.1 Å². The van der Waals surface area contributed by atoms with Crippen molar-refractivity contribution < 1.29 is 9.59 Å². The number of hydrogen-bond donors (Lipinski definition) is 1. The third kappa shape index (κ3) is 3.00. The Labute approximate surface area is 153 Å². The van der Waals surface area contributed by atoms with Gasteiger partial charge < -0.3 is 15.5 Å². The van der Waals surface area contributed by atoms with Crippen LogP contribution in [0.4, 0.5) is 0 Å². The summed E-state index contributed by atoms with van der Waals surface area (Å²) in [6.45, 7) is 1.93. The summed E-state index contributed by atoms with van der Waals surface area (Å²) in [7, 11) is 1.86. The van der Waals surface area contributed by atoms with Crippen molar-refractivity contribution >= 4 is 11.8 Å². The fraction of sp³-hybridized carbons (Fsp3) is 0.778. The molecule has 1 aromatic rings. The summed E-state index contributed by atoms with van der Waals surface area (Å²) in [4.78, 5) is 29.1. The highest BCUT2D eigenvalue weighted by atomic mass is 16.2. The predicted molar refractivity (Wildman–Crippen MR) is 95.3 cm³/mol. The van der Waals surface area contributed by atoms with Crippen LogP contribution in [0.3, 0.4) is 0 Å². The fourth-order valence-electron chi connectivity index (χ4n) is 4.77. The average molecular weight is 360 g/mol. The second-order valence-electron chi connectivity index (χ2n) is 8.24. The lowest BCUT2D eigenvalue weighted by atomic mass is 9.78. The van der Waals surface area contributed by atoms with Crippen LogP contribution >= 0.6 is 0 Å². The van der Waals surface area contributed by atoms with Gasteiger partial charge in [0.1, 0.15) is 0 Å². The van der Waals surface area contributed by atoms with E-state index in [1.54, 1.807) is 11.1 Å². The number of piperidine rings is 1. The van der Waals surface area contributed by atoms with Crippen LogP contribution in [0, 0.1) is 5.41 Å². The van der Waals surface area contributed by atoms with E-state index in [2.05, 4.69) is 10.3 Å². The summed E-state index contributed by atoms with van der Waals surface area (Å²) in [6.07, 6.45) is 8.31. The van der Waals surface area contributed by atoms with E-state index in [1.165, 1.54) is 0 Å². The number of nitrogens with zero attached hydrogens (tertiary/aromatic N) is 5. The number of aromatic nitrogens is 3. The molecule has 1 aromatic heterocycles. The zero-order valence-electron chi connectivity index (χ0n) is 15.4. The minimum atomic E-state index is -0.391. The van der Waals surface area contributed by atoms with E-state index in [4.69, 9.17) is 5.73 Å². The first-order chi connectivity index (χ1) is 12.5. The standard InChI is InChI=1S/C18H28N6O2/c1-22-9-2-7-18(17(22)26)8-10-23(12-18)16(25)15-11-24(21-20-15)14-5-3-13(19)4-6-14/h11,13-14H,2-10,12,19H2,1H3. The minimum absolute atomic E-state index is 0.110. The molecule has 8 nitrogen and oxygen atoms in total. The van der Waals surface area contributed by atoms with Gasteiger partial charge in [0.15, 0.2) is 5.69 Å². The highest BCUT2D eigenvalue weighted by molar-refractivity contribution is 5.93. The molecule has 1 unspecified atom stereocenters. The fourth-order valence-corrected chi connectivity index (χ4v) is 4.77. The van der Waals surface area contributed by atoms with Gasteiger partial charge in [-0.05, 0) is 44.9 Å². The normalized spacial score (nSPS) is 32.5. The summed E-state index contributed by atoms with van der Waals surface area (Å²) in [6, 6.07) is 0.560. The molecule has 1 spiro atoms. The van der Waals surface area contributed by atoms with Gasteiger partial charge in [0.2, 0.25) is 5.91 Å². The van der Waals surface area contributed by atoms with Gasteiger partial charge in [-0.3, -0.25) is 9.59 Å². The lowest BCUT2D eigenvalue weighted by Gasteiger charge is -2.37. The molecule has 0 bridgehead atoms. The van der Waals surface area contributed by atoms with Gasteiger partial charge in [0.25, 0.3) is 5.91 Å². The minimum Gasteiger partial charge on any atom is -0.345 e. The Morgan fingerprint density at radius 3 is 2.77 bits per heavy atom. The second kappa shape index (κ2) is 6.64. The highest BCUT2D eigenvalue weighted by Gasteiger charge is 2.48. The van der Waals surface area contributed by atoms with Crippen LogP contribution in [0.5, 0.6) is 0 Å². The molecular weight excluding hydrogens is 332 g/mol. The molecule has 3 fully saturated rings. The Morgan fingerprint density at radius 1 is 1.23 bits per heavy atom. The largest absolute Gasteiger partial charge is 0.345 e. The summed E-state index contributed by atoms with van der Waals surface area (Å²) in [5, 5.41) is 8.31. The molecule has 0 radical (unpaired) electrons. The Kier molecular flexibility index (Phi) is 4.46. The first kappa shape index (κ1) is 17.5. The van der Waals surface area contributed by atoms with Crippen LogP contribution in [-0.2, 0) is 4.79 Å². The summed E-state index contributed by atoms with van der Waals surface area (Å²) >= 11 is 0. The monoisotopic (exact) mass is 360 g/mol. The van der Waals surface area contributed by atoms with E-state index in [9.17, 15) is 9.59 Å². The van der Waals surface area contributed by atoms with E-state index in [0.717, 1.165) is 51.5 Å². The van der Waals surface area contributed by atoms with Crippen LogP contribution in [0.25, 0.3) is 0 Å². The molecule has 142 valence electrons. The number of rotatable bonds is 2. The van der Waals surface area contributed by atoms with Crippen LogP contribution in [-0.4, -0.2) is 69.3 Å². The number of carbonyl (C=O) groups is 2. The molecule has 1 atom stereocenters. The number of amides is 2. The molecule has 4 rings (SSSR count). The molecule has 2 amide bonds. The molecule has 3 heterocycles. The van der Waals surface area contributed by atoms with Crippen LogP contribution < -0.4 is 5.73 Å². The van der Waals surface area contributed by atoms with Gasteiger partial charge in [0.05, 0.1) is 17.7 Å². The van der Waals surface area contributed by atoms with Crippen LogP contribution in [0.1, 0.15) is 61.5 Å². The van der Waals surface area contributed by atoms with Gasteiger partial charge in [-0.2, -0.15) is 0 Å². The number of nitrogens with two attached hydrogens (primary N) is 1. The molecule has 1 saturated carbocycles. The van der Waals surface area contributed by atoms with Gasteiger partial charge in [0, 0.05) is 32.7 Å². The molecule has 1 aliphatic carbocycles. The maximum absolute atomic E-state index is 12.9. The first-order valence-electron chi connectivity index (χ1n) is 9.71. The SMILES string of the molecule is CN1CCCC2(CCN(C(=O)c3cn(C4CCC(N)CC4)nn3)C2)C1=O. The number of hydrogen-bond acceptors (Lipinski definition) is 5. The van der Waals surface area contributed by atoms with E-state index < -0.39 is 5.41 Å². The molecular formula is C18H28N6O2. The highest BCUT2D eigenvalue weighted by Crippen LogP contribution is 2.40. The van der Waals surface area contributed by atoms with Gasteiger partial charge in [-0.1, -0.05) is 5.21 Å². The average Bonchev–Trinajstić information content (AvgIpc) is 3.28. The third-order valence-electron chi connectivity index (χ3n) is 6.44. The van der Waals surface area contributed by atoms with E-state index >= 15 is 0 Å². The van der Waals surface area contributed by atoms with Crippen molar-refractivity contribution in [2.45, 2.75) is 57.0 Å². The van der Waals surface area contributed by atoms with Gasteiger partial charge >= 0.3 is 0 Å². The Bertz CT molecular complexity index is 696. The molecule has 2 N–H and O–H groups in total. The molecule has 3 aliphatic rings. The zero-order chi connectivity index (χ0) is 18.3. The Hall–Kier alpha value is -1.96. The summed E-state index contributed by atoms with van der Waals surface area (Å²) < 4.78 is 1.82. The number of carbonyl (C=O) groups excluding carboxylic acids is 2. The zero-order valence-corrected chi connectivity index (χ0v) is 15.4. The van der Waals surface area contributed by atoms with Crippen molar-refractivity contribution in [1.29, 1.82) is 0 Å². The molecule has 2 saturated heterocycles.